The van der Waals surface area contributed by atoms with Crippen molar-refractivity contribution in [3.63, 3.8) is 0 Å². The van der Waals surface area contributed by atoms with E-state index in [1.165, 1.54) is 0 Å². The fraction of sp³-hybridized carbons (Fsp3) is 0.692. The summed E-state index contributed by atoms with van der Waals surface area (Å²) in [5, 5.41) is 27.0. The molecular weight excluding hydrogens is 274 g/mol. The topological polar surface area (TPSA) is 113 Å². The fourth-order valence-corrected chi connectivity index (χ4v) is 2.63. The van der Waals surface area contributed by atoms with Crippen molar-refractivity contribution in [2.24, 2.45) is 5.92 Å². The van der Waals surface area contributed by atoms with E-state index in [0.29, 0.717) is 24.7 Å². The summed E-state index contributed by atoms with van der Waals surface area (Å²) in [6.45, 7) is 4.61. The molecule has 21 heavy (non-hydrogen) atoms. The van der Waals surface area contributed by atoms with E-state index in [1.807, 2.05) is 6.92 Å². The number of aliphatic hydroxyl groups excluding tert-OH is 1. The second kappa shape index (κ2) is 6.66. The normalized spacial score (nSPS) is 21.3. The monoisotopic (exact) mass is 295 g/mol. The lowest BCUT2D eigenvalue weighted by molar-refractivity contribution is -0.385. The van der Waals surface area contributed by atoms with Crippen LogP contribution in [0.15, 0.2) is 0 Å². The summed E-state index contributed by atoms with van der Waals surface area (Å²) in [4.78, 5) is 19.0. The molecule has 8 heteroatoms. The van der Waals surface area contributed by atoms with Gasteiger partial charge < -0.3 is 15.7 Å². The van der Waals surface area contributed by atoms with Gasteiger partial charge >= 0.3 is 5.69 Å². The molecule has 3 N–H and O–H groups in total. The Balaban J connectivity index is 2.20. The lowest BCUT2D eigenvalue weighted by Crippen LogP contribution is -2.23. The van der Waals surface area contributed by atoms with Gasteiger partial charge in [-0.15, -0.1) is 0 Å². The molecule has 2 unspecified atom stereocenters. The quantitative estimate of drug-likeness (QED) is 0.540. The molecule has 0 aromatic carbocycles. The first-order valence-corrected chi connectivity index (χ1v) is 7.21. The average Bonchev–Trinajstić information content (AvgIpc) is 2.81. The summed E-state index contributed by atoms with van der Waals surface area (Å²) in [7, 11) is 0. The highest BCUT2D eigenvalue weighted by molar-refractivity contribution is 5.60. The number of nitro groups is 1. The number of aliphatic hydroxyl groups is 1. The van der Waals surface area contributed by atoms with Crippen LogP contribution in [0.2, 0.25) is 0 Å². The van der Waals surface area contributed by atoms with Gasteiger partial charge in [-0.2, -0.15) is 4.98 Å². The molecule has 1 fully saturated rings. The van der Waals surface area contributed by atoms with Crippen molar-refractivity contribution < 1.29 is 10.0 Å². The van der Waals surface area contributed by atoms with E-state index in [2.05, 4.69) is 20.6 Å². The zero-order valence-electron chi connectivity index (χ0n) is 12.3. The van der Waals surface area contributed by atoms with Crippen molar-refractivity contribution in [1.82, 2.24) is 9.97 Å². The van der Waals surface area contributed by atoms with E-state index in [1.54, 1.807) is 6.92 Å². The molecule has 1 saturated carbocycles. The van der Waals surface area contributed by atoms with Crippen molar-refractivity contribution >= 4 is 17.5 Å². The molecule has 0 spiro atoms. The molecule has 1 aliphatic rings. The van der Waals surface area contributed by atoms with Crippen LogP contribution in [0.5, 0.6) is 0 Å². The first-order chi connectivity index (χ1) is 10.0. The Morgan fingerprint density at radius 1 is 1.38 bits per heavy atom. The minimum atomic E-state index is -0.474. The predicted octanol–water partition coefficient (Wildman–Crippen LogP) is 1.70. The fourth-order valence-electron chi connectivity index (χ4n) is 2.63. The maximum Gasteiger partial charge on any atom is 0.332 e. The Morgan fingerprint density at radius 2 is 2.14 bits per heavy atom. The van der Waals surface area contributed by atoms with Crippen LogP contribution in [0.4, 0.5) is 17.5 Å². The van der Waals surface area contributed by atoms with Crippen molar-refractivity contribution in [3.8, 4) is 0 Å². The zero-order valence-corrected chi connectivity index (χ0v) is 12.3. The van der Waals surface area contributed by atoms with Crippen molar-refractivity contribution in [1.29, 1.82) is 0 Å². The average molecular weight is 295 g/mol. The summed E-state index contributed by atoms with van der Waals surface area (Å²) in [6.07, 6.45) is 2.36. The third-order valence-corrected chi connectivity index (χ3v) is 3.73. The summed E-state index contributed by atoms with van der Waals surface area (Å²) in [5.74, 6) is 0.695. The van der Waals surface area contributed by atoms with Gasteiger partial charge in [0.2, 0.25) is 11.8 Å². The number of nitrogens with zero attached hydrogens (tertiary/aromatic N) is 3. The standard InChI is InChI=1S/C13H21N5O3/c1-3-14-13-16-8(2)11(18(20)21)12(17-13)15-7-9-5-4-6-10(9)19/h9-10,19H,3-7H2,1-2H3,(H2,14,15,16,17). The van der Waals surface area contributed by atoms with Gasteiger partial charge in [-0.25, -0.2) is 4.98 Å². The van der Waals surface area contributed by atoms with Crippen LogP contribution in [0, 0.1) is 23.0 Å². The number of hydrogen-bond acceptors (Lipinski definition) is 7. The smallest absolute Gasteiger partial charge is 0.332 e. The Bertz CT molecular complexity index is 523. The molecule has 1 aliphatic carbocycles. The maximum absolute atomic E-state index is 11.2. The molecule has 2 rings (SSSR count). The zero-order chi connectivity index (χ0) is 15.4. The van der Waals surface area contributed by atoms with Crippen molar-refractivity contribution in [2.75, 3.05) is 23.7 Å². The Hall–Kier alpha value is -1.96. The molecule has 0 aliphatic heterocycles. The third kappa shape index (κ3) is 3.57. The lowest BCUT2D eigenvalue weighted by Gasteiger charge is -2.16. The van der Waals surface area contributed by atoms with E-state index in [4.69, 9.17) is 0 Å². The van der Waals surface area contributed by atoms with E-state index in [9.17, 15) is 15.2 Å². The summed E-state index contributed by atoms with van der Waals surface area (Å²) in [6, 6.07) is 0. The first kappa shape index (κ1) is 15.4. The van der Waals surface area contributed by atoms with Crippen molar-refractivity contribution in [2.45, 2.75) is 39.2 Å². The van der Waals surface area contributed by atoms with Crippen LogP contribution >= 0.6 is 0 Å². The Kier molecular flexibility index (Phi) is 4.89. The molecule has 0 saturated heterocycles. The molecule has 1 heterocycles. The summed E-state index contributed by atoms with van der Waals surface area (Å²) in [5.41, 5.74) is 0.213. The number of nitrogens with one attached hydrogen (secondary N) is 2. The minimum absolute atomic E-state index is 0.107. The van der Waals surface area contributed by atoms with E-state index < -0.39 is 4.92 Å². The molecule has 0 amide bonds. The number of hydrogen-bond donors (Lipinski definition) is 3. The van der Waals surface area contributed by atoms with Gasteiger partial charge in [-0.3, -0.25) is 10.1 Å². The molecule has 1 aromatic rings. The van der Waals surface area contributed by atoms with Gasteiger partial charge in [0.1, 0.15) is 5.69 Å². The number of aryl methyl sites for hydroxylation is 1. The van der Waals surface area contributed by atoms with Crippen molar-refractivity contribution in [3.05, 3.63) is 15.8 Å². The summed E-state index contributed by atoms with van der Waals surface area (Å²) < 4.78 is 0. The summed E-state index contributed by atoms with van der Waals surface area (Å²) >= 11 is 0. The highest BCUT2D eigenvalue weighted by Gasteiger charge is 2.27. The van der Waals surface area contributed by atoms with Gasteiger partial charge in [-0.1, -0.05) is 6.42 Å². The van der Waals surface area contributed by atoms with Crippen LogP contribution in [0.25, 0.3) is 0 Å². The predicted molar refractivity (Wildman–Crippen MR) is 79.4 cm³/mol. The Labute approximate surface area is 123 Å². The van der Waals surface area contributed by atoms with Crippen LogP contribution < -0.4 is 10.6 Å². The van der Waals surface area contributed by atoms with E-state index >= 15 is 0 Å². The second-order valence-electron chi connectivity index (χ2n) is 5.26. The molecule has 0 radical (unpaired) electrons. The second-order valence-corrected chi connectivity index (χ2v) is 5.26. The molecule has 2 atom stereocenters. The Morgan fingerprint density at radius 3 is 2.71 bits per heavy atom. The van der Waals surface area contributed by atoms with Gasteiger partial charge in [-0.05, 0) is 26.7 Å². The molecule has 116 valence electrons. The van der Waals surface area contributed by atoms with Crippen LogP contribution in [-0.2, 0) is 0 Å². The number of anilines is 2. The minimum Gasteiger partial charge on any atom is -0.393 e. The lowest BCUT2D eigenvalue weighted by atomic mass is 10.1. The van der Waals surface area contributed by atoms with Gasteiger partial charge in [0.25, 0.3) is 0 Å². The number of rotatable bonds is 6. The number of aromatic nitrogens is 2. The maximum atomic E-state index is 11.2. The van der Waals surface area contributed by atoms with E-state index in [-0.39, 0.29) is 23.5 Å². The van der Waals surface area contributed by atoms with Crippen LogP contribution in [0.3, 0.4) is 0 Å². The van der Waals surface area contributed by atoms with E-state index in [0.717, 1.165) is 19.3 Å². The third-order valence-electron chi connectivity index (χ3n) is 3.73. The highest BCUT2D eigenvalue weighted by Crippen LogP contribution is 2.29. The van der Waals surface area contributed by atoms with Gasteiger partial charge in [0, 0.05) is 19.0 Å². The highest BCUT2D eigenvalue weighted by atomic mass is 16.6. The molecule has 8 nitrogen and oxygen atoms in total. The van der Waals surface area contributed by atoms with Crippen LogP contribution in [-0.4, -0.2) is 39.2 Å². The molecule has 0 bridgehead atoms. The first-order valence-electron chi connectivity index (χ1n) is 7.21. The SMILES string of the molecule is CCNc1nc(C)c([N+](=O)[O-])c(NCC2CCCC2O)n1. The van der Waals surface area contributed by atoms with Gasteiger partial charge in [0.15, 0.2) is 0 Å². The molecular formula is C13H21N5O3. The largest absolute Gasteiger partial charge is 0.393 e. The molecule has 1 aromatic heterocycles. The van der Waals surface area contributed by atoms with Crippen LogP contribution in [0.1, 0.15) is 31.9 Å². The van der Waals surface area contributed by atoms with Gasteiger partial charge in [0.05, 0.1) is 11.0 Å².